The van der Waals surface area contributed by atoms with E-state index in [9.17, 15) is 4.79 Å². The molecule has 0 fully saturated rings. The van der Waals surface area contributed by atoms with E-state index in [1.807, 2.05) is 48.3 Å². The van der Waals surface area contributed by atoms with Crippen LogP contribution in [0.2, 0.25) is 0 Å². The van der Waals surface area contributed by atoms with Gasteiger partial charge in [0.2, 0.25) is 0 Å². The normalized spacial score (nSPS) is 10.8. The molecule has 0 saturated heterocycles. The number of aryl methyl sites for hydroxylation is 1. The Bertz CT molecular complexity index is 821. The first-order chi connectivity index (χ1) is 11.5. The highest BCUT2D eigenvalue weighted by atomic mass is 79.9. The van der Waals surface area contributed by atoms with E-state index in [4.69, 9.17) is 0 Å². The summed E-state index contributed by atoms with van der Waals surface area (Å²) in [6, 6.07) is 9.53. The molecule has 0 aliphatic heterocycles. The predicted molar refractivity (Wildman–Crippen MR) is 94.5 cm³/mol. The maximum Gasteiger partial charge on any atom is 0.253 e. The van der Waals surface area contributed by atoms with Crippen molar-refractivity contribution in [2.24, 2.45) is 7.05 Å². The van der Waals surface area contributed by atoms with Gasteiger partial charge in [0.1, 0.15) is 0 Å². The number of halogens is 1. The van der Waals surface area contributed by atoms with Gasteiger partial charge in [-0.2, -0.15) is 10.2 Å². The number of benzene rings is 1. The third kappa shape index (κ3) is 3.56. The van der Waals surface area contributed by atoms with E-state index in [1.165, 1.54) is 0 Å². The Morgan fingerprint density at radius 1 is 1.29 bits per heavy atom. The zero-order valence-electron chi connectivity index (χ0n) is 13.6. The van der Waals surface area contributed by atoms with E-state index in [2.05, 4.69) is 26.1 Å². The fraction of sp³-hybridized carbons (Fsp3) is 0.235. The topological polar surface area (TPSA) is 56.0 Å². The highest BCUT2D eigenvalue weighted by Crippen LogP contribution is 2.18. The summed E-state index contributed by atoms with van der Waals surface area (Å²) in [5, 5.41) is 8.38. The smallest absolute Gasteiger partial charge is 0.253 e. The van der Waals surface area contributed by atoms with Crippen molar-refractivity contribution in [1.82, 2.24) is 24.5 Å². The van der Waals surface area contributed by atoms with E-state index in [-0.39, 0.29) is 5.91 Å². The second kappa shape index (κ2) is 7.00. The van der Waals surface area contributed by atoms with Crippen LogP contribution in [0.4, 0.5) is 0 Å². The SMILES string of the molecule is CN(Cc1c(Br)cnn1C)C(=O)c1cccc(Cn2cccn2)c1. The number of rotatable bonds is 5. The minimum absolute atomic E-state index is 0.0228. The van der Waals surface area contributed by atoms with Gasteiger partial charge in [0, 0.05) is 32.1 Å². The van der Waals surface area contributed by atoms with Crippen molar-refractivity contribution < 1.29 is 4.79 Å². The Hall–Kier alpha value is -2.41. The number of carbonyl (C=O) groups is 1. The number of aromatic nitrogens is 4. The third-order valence-corrected chi connectivity index (χ3v) is 4.48. The number of amides is 1. The van der Waals surface area contributed by atoms with Crippen LogP contribution in [0.15, 0.2) is 53.4 Å². The lowest BCUT2D eigenvalue weighted by atomic mass is 10.1. The molecule has 0 aliphatic carbocycles. The lowest BCUT2D eigenvalue weighted by molar-refractivity contribution is 0.0781. The van der Waals surface area contributed by atoms with Gasteiger partial charge in [0.05, 0.1) is 29.5 Å². The van der Waals surface area contributed by atoms with Crippen LogP contribution in [0.1, 0.15) is 21.6 Å². The molecule has 0 bridgehead atoms. The molecule has 0 N–H and O–H groups in total. The van der Waals surface area contributed by atoms with Crippen molar-refractivity contribution in [2.75, 3.05) is 7.05 Å². The Balaban J connectivity index is 1.74. The van der Waals surface area contributed by atoms with Gasteiger partial charge in [-0.1, -0.05) is 12.1 Å². The first-order valence-corrected chi connectivity index (χ1v) is 8.32. The van der Waals surface area contributed by atoms with Crippen LogP contribution in [0.25, 0.3) is 0 Å². The van der Waals surface area contributed by atoms with Gasteiger partial charge in [-0.15, -0.1) is 0 Å². The largest absolute Gasteiger partial charge is 0.336 e. The number of hydrogen-bond acceptors (Lipinski definition) is 3. The molecule has 0 atom stereocenters. The molecule has 0 unspecified atom stereocenters. The van der Waals surface area contributed by atoms with E-state index in [1.54, 1.807) is 29.0 Å². The second-order valence-electron chi connectivity index (χ2n) is 5.63. The zero-order chi connectivity index (χ0) is 17.1. The van der Waals surface area contributed by atoms with Crippen LogP contribution >= 0.6 is 15.9 Å². The van der Waals surface area contributed by atoms with Crippen molar-refractivity contribution in [3.8, 4) is 0 Å². The molecule has 6 nitrogen and oxygen atoms in total. The summed E-state index contributed by atoms with van der Waals surface area (Å²) in [6.07, 6.45) is 5.38. The maximum atomic E-state index is 12.7. The molecule has 7 heteroatoms. The predicted octanol–water partition coefficient (Wildman–Crippen LogP) is 2.70. The number of hydrogen-bond donors (Lipinski definition) is 0. The van der Waals surface area contributed by atoms with Crippen molar-refractivity contribution in [3.63, 3.8) is 0 Å². The molecular formula is C17H18BrN5O. The van der Waals surface area contributed by atoms with Gasteiger partial charge in [0.25, 0.3) is 5.91 Å². The average Bonchev–Trinajstić information content (AvgIpc) is 3.19. The van der Waals surface area contributed by atoms with E-state index in [0.717, 1.165) is 15.7 Å². The van der Waals surface area contributed by atoms with Crippen LogP contribution in [0, 0.1) is 0 Å². The number of carbonyl (C=O) groups excluding carboxylic acids is 1. The van der Waals surface area contributed by atoms with Crippen LogP contribution in [0.5, 0.6) is 0 Å². The molecule has 2 heterocycles. The minimum atomic E-state index is -0.0228. The fourth-order valence-corrected chi connectivity index (χ4v) is 2.99. The van der Waals surface area contributed by atoms with Crippen LogP contribution in [-0.4, -0.2) is 37.4 Å². The lowest BCUT2D eigenvalue weighted by Crippen LogP contribution is -2.27. The summed E-state index contributed by atoms with van der Waals surface area (Å²) >= 11 is 3.46. The third-order valence-electron chi connectivity index (χ3n) is 3.82. The Kier molecular flexibility index (Phi) is 4.80. The van der Waals surface area contributed by atoms with Gasteiger partial charge >= 0.3 is 0 Å². The van der Waals surface area contributed by atoms with Crippen molar-refractivity contribution >= 4 is 21.8 Å². The van der Waals surface area contributed by atoms with Crippen molar-refractivity contribution in [3.05, 3.63) is 70.2 Å². The monoisotopic (exact) mass is 387 g/mol. The molecule has 1 amide bonds. The summed E-state index contributed by atoms with van der Waals surface area (Å²) in [5.41, 5.74) is 2.67. The van der Waals surface area contributed by atoms with Gasteiger partial charge in [-0.05, 0) is 39.7 Å². The van der Waals surface area contributed by atoms with Crippen molar-refractivity contribution in [1.29, 1.82) is 0 Å². The van der Waals surface area contributed by atoms with E-state index >= 15 is 0 Å². The molecular weight excluding hydrogens is 370 g/mol. The molecule has 2 aromatic heterocycles. The zero-order valence-corrected chi connectivity index (χ0v) is 15.1. The average molecular weight is 388 g/mol. The maximum absolute atomic E-state index is 12.7. The van der Waals surface area contributed by atoms with E-state index < -0.39 is 0 Å². The summed E-state index contributed by atoms with van der Waals surface area (Å²) in [5.74, 6) is -0.0228. The van der Waals surface area contributed by atoms with E-state index in [0.29, 0.717) is 18.7 Å². The van der Waals surface area contributed by atoms with Gasteiger partial charge in [0.15, 0.2) is 0 Å². The molecule has 3 aromatic rings. The first-order valence-electron chi connectivity index (χ1n) is 7.53. The van der Waals surface area contributed by atoms with Gasteiger partial charge in [-0.25, -0.2) is 0 Å². The summed E-state index contributed by atoms with van der Waals surface area (Å²) in [6.45, 7) is 1.13. The highest BCUT2D eigenvalue weighted by molar-refractivity contribution is 9.10. The number of nitrogens with zero attached hydrogens (tertiary/aromatic N) is 5. The van der Waals surface area contributed by atoms with Crippen LogP contribution in [0.3, 0.4) is 0 Å². The molecule has 0 aliphatic rings. The lowest BCUT2D eigenvalue weighted by Gasteiger charge is -2.18. The quantitative estimate of drug-likeness (QED) is 0.676. The Morgan fingerprint density at radius 3 is 2.79 bits per heavy atom. The minimum Gasteiger partial charge on any atom is -0.336 e. The standard InChI is InChI=1S/C17H18BrN5O/c1-21(12-16-15(18)10-20-22(16)2)17(24)14-6-3-5-13(9-14)11-23-8-4-7-19-23/h3-10H,11-12H2,1-2H3. The first kappa shape index (κ1) is 16.4. The molecule has 24 heavy (non-hydrogen) atoms. The molecule has 3 rings (SSSR count). The van der Waals surface area contributed by atoms with Crippen molar-refractivity contribution in [2.45, 2.75) is 13.1 Å². The van der Waals surface area contributed by atoms with Gasteiger partial charge in [-0.3, -0.25) is 14.2 Å². The van der Waals surface area contributed by atoms with Crippen LogP contribution in [-0.2, 0) is 20.1 Å². The molecule has 1 aromatic carbocycles. The summed E-state index contributed by atoms with van der Waals surface area (Å²) < 4.78 is 4.50. The molecule has 124 valence electrons. The highest BCUT2D eigenvalue weighted by Gasteiger charge is 2.16. The molecule has 0 spiro atoms. The summed E-state index contributed by atoms with van der Waals surface area (Å²) in [7, 11) is 3.66. The Morgan fingerprint density at radius 2 is 2.12 bits per heavy atom. The Labute approximate surface area is 148 Å². The second-order valence-corrected chi connectivity index (χ2v) is 6.48. The van der Waals surface area contributed by atoms with Gasteiger partial charge < -0.3 is 4.90 Å². The molecule has 0 radical (unpaired) electrons. The summed E-state index contributed by atoms with van der Waals surface area (Å²) in [4.78, 5) is 14.4. The molecule has 0 saturated carbocycles. The van der Waals surface area contributed by atoms with Crippen LogP contribution < -0.4 is 0 Å². The fourth-order valence-electron chi connectivity index (χ4n) is 2.51.